The molecule has 98 valence electrons. The molecule has 0 unspecified atom stereocenters. The number of imidazole rings is 1. The molecule has 1 N–H and O–H groups in total. The molecular weight excluding hydrogens is 392 g/mol. The molecule has 0 aliphatic rings. The predicted octanol–water partition coefficient (Wildman–Crippen LogP) is 4.28. The van der Waals surface area contributed by atoms with Gasteiger partial charge in [-0.3, -0.25) is 0 Å². The van der Waals surface area contributed by atoms with Crippen LogP contribution in [0.1, 0.15) is 47.1 Å². The van der Waals surface area contributed by atoms with Gasteiger partial charge in [-0.15, -0.1) is 11.6 Å². The Bertz CT molecular complexity index is 464. The second kappa shape index (κ2) is 7.09. The standard InChI is InChI=1S/C11H13N2.C4H9.W/c1-11(2,3)8-4-5-9-10(6-8)13-7-12-9;1-4(2)3;/h4,6-7H,1-3H3,(H,12,13);1-3H3;/q2*-1;+2. The maximum Gasteiger partial charge on any atom is 2.00 e. The number of rotatable bonds is 0. The van der Waals surface area contributed by atoms with E-state index < -0.39 is 0 Å². The van der Waals surface area contributed by atoms with Crippen LogP contribution in [0.2, 0.25) is 0 Å². The van der Waals surface area contributed by atoms with Gasteiger partial charge in [-0.2, -0.15) is 32.9 Å². The third-order valence-corrected chi connectivity index (χ3v) is 2.20. The quantitative estimate of drug-likeness (QED) is 0.641. The zero-order valence-electron chi connectivity index (χ0n) is 12.1. The predicted molar refractivity (Wildman–Crippen MR) is 73.9 cm³/mol. The Balaban J connectivity index is 0.000000512. The van der Waals surface area contributed by atoms with E-state index in [1.165, 1.54) is 11.5 Å². The number of nitrogens with zero attached hydrogens (tertiary/aromatic N) is 1. The Hall–Kier alpha value is -0.622. The van der Waals surface area contributed by atoms with Crippen molar-refractivity contribution in [1.82, 2.24) is 9.97 Å². The molecule has 0 aliphatic carbocycles. The van der Waals surface area contributed by atoms with Crippen molar-refractivity contribution >= 4 is 11.0 Å². The second-order valence-electron chi connectivity index (χ2n) is 5.80. The summed E-state index contributed by atoms with van der Waals surface area (Å²) >= 11 is 0. The summed E-state index contributed by atoms with van der Waals surface area (Å²) in [4.78, 5) is 7.24. The molecule has 0 saturated heterocycles. The van der Waals surface area contributed by atoms with Crippen LogP contribution in [0.25, 0.3) is 11.0 Å². The normalized spacial score (nSPS) is 10.8. The zero-order valence-corrected chi connectivity index (χ0v) is 15.0. The molecule has 2 nitrogen and oxygen atoms in total. The Morgan fingerprint density at radius 3 is 2.28 bits per heavy atom. The largest absolute Gasteiger partial charge is 2.00 e. The molecule has 0 atom stereocenters. The molecule has 0 bridgehead atoms. The van der Waals surface area contributed by atoms with Crippen molar-refractivity contribution in [3.05, 3.63) is 36.0 Å². The van der Waals surface area contributed by atoms with E-state index in [2.05, 4.69) is 63.6 Å². The van der Waals surface area contributed by atoms with Crippen molar-refractivity contribution in [2.24, 2.45) is 0 Å². The number of benzene rings is 1. The topological polar surface area (TPSA) is 28.7 Å². The molecule has 0 amide bonds. The number of fused-ring (bicyclic) bond motifs is 1. The fraction of sp³-hybridized carbons (Fsp3) is 0.467. The maximum absolute atomic E-state index is 4.21. The van der Waals surface area contributed by atoms with Crippen molar-refractivity contribution in [3.63, 3.8) is 0 Å². The van der Waals surface area contributed by atoms with Crippen LogP contribution in [0.4, 0.5) is 0 Å². The summed E-state index contributed by atoms with van der Waals surface area (Å²) in [7, 11) is 0. The van der Waals surface area contributed by atoms with Gasteiger partial charge < -0.3 is 15.9 Å². The summed E-state index contributed by atoms with van der Waals surface area (Å²) in [5.74, 6) is 1.42. The van der Waals surface area contributed by atoms with Gasteiger partial charge in [0.2, 0.25) is 0 Å². The van der Waals surface area contributed by atoms with Crippen molar-refractivity contribution in [3.8, 4) is 0 Å². The van der Waals surface area contributed by atoms with Gasteiger partial charge in [0.15, 0.2) is 0 Å². The summed E-state index contributed by atoms with van der Waals surface area (Å²) in [6, 6.07) is 7.33. The molecule has 2 rings (SSSR count). The molecule has 1 aromatic heterocycles. The Labute approximate surface area is 125 Å². The van der Waals surface area contributed by atoms with Crippen molar-refractivity contribution in [2.75, 3.05) is 0 Å². The molecule has 0 saturated carbocycles. The van der Waals surface area contributed by atoms with Gasteiger partial charge >= 0.3 is 21.1 Å². The number of hydrogen-bond acceptors (Lipinski definition) is 1. The van der Waals surface area contributed by atoms with E-state index >= 15 is 0 Å². The average molecular weight is 414 g/mol. The van der Waals surface area contributed by atoms with E-state index in [1.807, 2.05) is 6.07 Å². The number of hydrogen-bond donors (Lipinski definition) is 1. The first-order chi connectivity index (χ1) is 7.80. The molecule has 1 aromatic carbocycles. The van der Waals surface area contributed by atoms with Gasteiger partial charge in [0.25, 0.3) is 0 Å². The van der Waals surface area contributed by atoms with Gasteiger partial charge in [-0.1, -0.05) is 26.2 Å². The first-order valence-corrected chi connectivity index (χ1v) is 5.93. The monoisotopic (exact) mass is 414 g/mol. The molecular formula is C15H22N2W. The van der Waals surface area contributed by atoms with Gasteiger partial charge in [-0.25, -0.2) is 0 Å². The average Bonchev–Trinajstić information content (AvgIpc) is 2.61. The fourth-order valence-electron chi connectivity index (χ4n) is 1.30. The number of nitrogens with one attached hydrogen (secondary N) is 1. The SMILES string of the molecule is CC(C)(C)c1c[c-]c2[nH]cnc2c1.C[C-](C)C.[W+2]. The van der Waals surface area contributed by atoms with Gasteiger partial charge in [-0.05, 0) is 11.0 Å². The van der Waals surface area contributed by atoms with Gasteiger partial charge in [0.05, 0.1) is 6.33 Å². The Morgan fingerprint density at radius 2 is 1.78 bits per heavy atom. The first kappa shape index (κ1) is 17.4. The van der Waals surface area contributed by atoms with E-state index in [1.54, 1.807) is 6.33 Å². The smallest absolute Gasteiger partial charge is 0.368 e. The molecule has 3 heteroatoms. The summed E-state index contributed by atoms with van der Waals surface area (Å²) in [6.45, 7) is 12.8. The summed E-state index contributed by atoms with van der Waals surface area (Å²) in [5.41, 5.74) is 3.41. The van der Waals surface area contributed by atoms with Crippen LogP contribution >= 0.6 is 0 Å². The molecule has 0 radical (unpaired) electrons. The van der Waals surface area contributed by atoms with Crippen molar-refractivity contribution < 1.29 is 21.1 Å². The van der Waals surface area contributed by atoms with Crippen LogP contribution in [0, 0.1) is 12.0 Å². The van der Waals surface area contributed by atoms with Crippen LogP contribution in [0.15, 0.2) is 18.5 Å². The molecule has 0 spiro atoms. The minimum Gasteiger partial charge on any atom is -0.368 e. The number of H-pyrrole nitrogens is 1. The summed E-state index contributed by atoms with van der Waals surface area (Å²) in [5, 5.41) is 0. The minimum absolute atomic E-state index is 0. The molecule has 1 heterocycles. The van der Waals surface area contributed by atoms with E-state index in [-0.39, 0.29) is 26.5 Å². The van der Waals surface area contributed by atoms with E-state index in [9.17, 15) is 0 Å². The van der Waals surface area contributed by atoms with Crippen molar-refractivity contribution in [2.45, 2.75) is 47.0 Å². The first-order valence-electron chi connectivity index (χ1n) is 5.93. The Kier molecular flexibility index (Phi) is 6.84. The molecule has 0 fully saturated rings. The third-order valence-electron chi connectivity index (χ3n) is 2.20. The van der Waals surface area contributed by atoms with Crippen LogP contribution in [-0.4, -0.2) is 9.97 Å². The maximum atomic E-state index is 4.21. The minimum atomic E-state index is 0. The molecule has 2 aromatic rings. The van der Waals surface area contributed by atoms with Crippen LogP contribution in [0.5, 0.6) is 0 Å². The second-order valence-corrected chi connectivity index (χ2v) is 5.80. The van der Waals surface area contributed by atoms with Gasteiger partial charge in [0, 0.05) is 0 Å². The number of aromatic amines is 1. The molecule has 0 aliphatic heterocycles. The van der Waals surface area contributed by atoms with E-state index in [0.29, 0.717) is 0 Å². The van der Waals surface area contributed by atoms with Crippen LogP contribution < -0.4 is 0 Å². The van der Waals surface area contributed by atoms with E-state index in [4.69, 9.17) is 0 Å². The number of aromatic nitrogens is 2. The third kappa shape index (κ3) is 5.35. The zero-order chi connectivity index (χ0) is 13.1. The summed E-state index contributed by atoms with van der Waals surface area (Å²) < 4.78 is 0. The van der Waals surface area contributed by atoms with Crippen LogP contribution in [-0.2, 0) is 26.5 Å². The van der Waals surface area contributed by atoms with E-state index in [0.717, 1.165) is 11.0 Å². The Morgan fingerprint density at radius 1 is 1.22 bits per heavy atom. The summed E-state index contributed by atoms with van der Waals surface area (Å²) in [6.07, 6.45) is 1.70. The van der Waals surface area contributed by atoms with Crippen LogP contribution in [0.3, 0.4) is 0 Å². The fourth-order valence-corrected chi connectivity index (χ4v) is 1.30. The molecule has 18 heavy (non-hydrogen) atoms. The van der Waals surface area contributed by atoms with Gasteiger partial charge in [0.1, 0.15) is 0 Å². The van der Waals surface area contributed by atoms with Crippen molar-refractivity contribution in [1.29, 1.82) is 0 Å².